The summed E-state index contributed by atoms with van der Waals surface area (Å²) in [5.74, 6) is -0.987. The fourth-order valence-corrected chi connectivity index (χ4v) is 1.53. The highest BCUT2D eigenvalue weighted by atomic mass is 16.4. The number of carbonyl (C=O) groups is 2. The average Bonchev–Trinajstić information content (AvgIpc) is 2.39. The van der Waals surface area contributed by atoms with Crippen LogP contribution in [0.1, 0.15) is 37.0 Å². The zero-order chi connectivity index (χ0) is 15.1. The summed E-state index contributed by atoms with van der Waals surface area (Å²) in [5, 5.41) is 14.7. The Morgan fingerprint density at radius 2 is 2.20 bits per heavy atom. The van der Waals surface area contributed by atoms with Gasteiger partial charge >= 0.3 is 5.97 Å². The number of carboxylic acid groups (broad SMARTS) is 1. The number of nitrogens with two attached hydrogens (primary N) is 1. The van der Waals surface area contributed by atoms with E-state index in [1.54, 1.807) is 0 Å². The molecule has 0 fully saturated rings. The van der Waals surface area contributed by atoms with Crippen molar-refractivity contribution in [1.82, 2.24) is 10.3 Å². The Kier molecular flexibility index (Phi) is 5.76. The van der Waals surface area contributed by atoms with Crippen molar-refractivity contribution in [2.75, 3.05) is 17.6 Å². The lowest BCUT2D eigenvalue weighted by Gasteiger charge is -2.12. The molecular formula is C13H20N4O3. The van der Waals surface area contributed by atoms with Gasteiger partial charge in [0.05, 0.1) is 11.9 Å². The number of hydrogen-bond donors (Lipinski definition) is 4. The molecule has 7 nitrogen and oxygen atoms in total. The van der Waals surface area contributed by atoms with E-state index in [4.69, 9.17) is 10.8 Å². The molecule has 0 aliphatic carbocycles. The molecular weight excluding hydrogens is 260 g/mol. The van der Waals surface area contributed by atoms with Gasteiger partial charge in [-0.3, -0.25) is 4.79 Å². The molecule has 1 atom stereocenters. The third kappa shape index (κ3) is 4.75. The molecule has 1 aromatic heterocycles. The minimum Gasteiger partial charge on any atom is -0.478 e. The first kappa shape index (κ1) is 15.7. The van der Waals surface area contributed by atoms with E-state index in [2.05, 4.69) is 15.6 Å². The second kappa shape index (κ2) is 7.32. The van der Waals surface area contributed by atoms with Crippen molar-refractivity contribution < 1.29 is 14.7 Å². The molecule has 0 spiro atoms. The SMILES string of the molecule is CCC(C)NC(=O)CCNc1ncc(N)cc1C(=O)O. The van der Waals surface area contributed by atoms with Crippen LogP contribution >= 0.6 is 0 Å². The minimum absolute atomic E-state index is 0.00710. The first-order valence-electron chi connectivity index (χ1n) is 6.46. The highest BCUT2D eigenvalue weighted by Gasteiger charge is 2.12. The molecule has 110 valence electrons. The first-order valence-corrected chi connectivity index (χ1v) is 6.46. The van der Waals surface area contributed by atoms with Crippen LogP contribution in [0.15, 0.2) is 12.3 Å². The fraction of sp³-hybridized carbons (Fsp3) is 0.462. The van der Waals surface area contributed by atoms with Gasteiger partial charge in [-0.2, -0.15) is 0 Å². The Morgan fingerprint density at radius 1 is 1.50 bits per heavy atom. The Hall–Kier alpha value is -2.31. The van der Waals surface area contributed by atoms with Gasteiger partial charge in [-0.15, -0.1) is 0 Å². The quantitative estimate of drug-likeness (QED) is 0.593. The van der Waals surface area contributed by atoms with E-state index in [0.29, 0.717) is 6.54 Å². The topological polar surface area (TPSA) is 117 Å². The summed E-state index contributed by atoms with van der Waals surface area (Å²) >= 11 is 0. The number of nitrogens with zero attached hydrogens (tertiary/aromatic N) is 1. The number of aromatic nitrogens is 1. The summed E-state index contributed by atoms with van der Waals surface area (Å²) in [4.78, 5) is 26.5. The lowest BCUT2D eigenvalue weighted by Crippen LogP contribution is -2.33. The Balaban J connectivity index is 2.54. The van der Waals surface area contributed by atoms with Gasteiger partial charge in [0.15, 0.2) is 0 Å². The average molecular weight is 280 g/mol. The van der Waals surface area contributed by atoms with Crippen molar-refractivity contribution in [3.05, 3.63) is 17.8 Å². The number of carbonyl (C=O) groups excluding carboxylic acids is 1. The van der Waals surface area contributed by atoms with Crippen LogP contribution in [-0.4, -0.2) is 34.6 Å². The first-order chi connectivity index (χ1) is 9.43. The summed E-state index contributed by atoms with van der Waals surface area (Å²) < 4.78 is 0. The third-order valence-electron chi connectivity index (χ3n) is 2.80. The van der Waals surface area contributed by atoms with E-state index in [1.165, 1.54) is 12.3 Å². The molecule has 7 heteroatoms. The van der Waals surface area contributed by atoms with Gasteiger partial charge < -0.3 is 21.5 Å². The van der Waals surface area contributed by atoms with Crippen LogP contribution in [0, 0.1) is 0 Å². The molecule has 0 bridgehead atoms. The number of pyridine rings is 1. The number of nitrogen functional groups attached to an aromatic ring is 1. The maximum Gasteiger partial charge on any atom is 0.339 e. The molecule has 1 heterocycles. The number of hydrogen-bond acceptors (Lipinski definition) is 5. The molecule has 0 aliphatic rings. The fourth-order valence-electron chi connectivity index (χ4n) is 1.53. The van der Waals surface area contributed by atoms with Crippen LogP contribution in [-0.2, 0) is 4.79 Å². The lowest BCUT2D eigenvalue weighted by atomic mass is 10.2. The van der Waals surface area contributed by atoms with Crippen LogP contribution in [0.3, 0.4) is 0 Å². The second-order valence-electron chi connectivity index (χ2n) is 4.52. The van der Waals surface area contributed by atoms with Crippen LogP contribution in [0.25, 0.3) is 0 Å². The van der Waals surface area contributed by atoms with Crippen molar-refractivity contribution in [3.8, 4) is 0 Å². The standard InChI is InChI=1S/C13H20N4O3/c1-3-8(2)17-11(18)4-5-15-12-10(13(19)20)6-9(14)7-16-12/h6-8H,3-5,14H2,1-2H3,(H,15,16)(H,17,18)(H,19,20). The molecule has 0 aromatic carbocycles. The van der Waals surface area contributed by atoms with Crippen molar-refractivity contribution in [2.45, 2.75) is 32.7 Å². The maximum absolute atomic E-state index is 11.6. The van der Waals surface area contributed by atoms with Gasteiger partial charge in [-0.05, 0) is 19.4 Å². The Labute approximate surface area is 117 Å². The number of amides is 1. The predicted molar refractivity (Wildman–Crippen MR) is 76.6 cm³/mol. The van der Waals surface area contributed by atoms with E-state index >= 15 is 0 Å². The zero-order valence-electron chi connectivity index (χ0n) is 11.6. The second-order valence-corrected chi connectivity index (χ2v) is 4.52. The number of anilines is 2. The van der Waals surface area contributed by atoms with Crippen molar-refractivity contribution in [3.63, 3.8) is 0 Å². The molecule has 0 radical (unpaired) electrons. The van der Waals surface area contributed by atoms with Crippen LogP contribution in [0.2, 0.25) is 0 Å². The van der Waals surface area contributed by atoms with Gasteiger partial charge in [0.25, 0.3) is 0 Å². The summed E-state index contributed by atoms with van der Waals surface area (Å²) in [5.41, 5.74) is 5.77. The summed E-state index contributed by atoms with van der Waals surface area (Å²) in [6.45, 7) is 4.22. The monoisotopic (exact) mass is 280 g/mol. The number of carboxylic acids is 1. The smallest absolute Gasteiger partial charge is 0.339 e. The maximum atomic E-state index is 11.6. The summed E-state index contributed by atoms with van der Waals surface area (Å²) in [7, 11) is 0. The van der Waals surface area contributed by atoms with E-state index in [9.17, 15) is 9.59 Å². The van der Waals surface area contributed by atoms with Gasteiger partial charge in [-0.1, -0.05) is 6.92 Å². The molecule has 1 aromatic rings. The molecule has 1 rings (SSSR count). The van der Waals surface area contributed by atoms with Crippen molar-refractivity contribution in [2.24, 2.45) is 0 Å². The highest BCUT2D eigenvalue weighted by molar-refractivity contribution is 5.94. The molecule has 1 unspecified atom stereocenters. The van der Waals surface area contributed by atoms with Crippen LogP contribution < -0.4 is 16.4 Å². The van der Waals surface area contributed by atoms with Gasteiger partial charge in [0.2, 0.25) is 5.91 Å². The normalized spacial score (nSPS) is 11.7. The number of nitrogens with one attached hydrogen (secondary N) is 2. The van der Waals surface area contributed by atoms with Gasteiger partial charge in [0, 0.05) is 19.0 Å². The molecule has 5 N–H and O–H groups in total. The highest BCUT2D eigenvalue weighted by Crippen LogP contribution is 2.15. The molecule has 1 amide bonds. The van der Waals surface area contributed by atoms with E-state index < -0.39 is 5.97 Å². The minimum atomic E-state index is -1.11. The molecule has 0 saturated carbocycles. The molecule has 0 aliphatic heterocycles. The van der Waals surface area contributed by atoms with Crippen LogP contribution in [0.4, 0.5) is 11.5 Å². The van der Waals surface area contributed by atoms with Crippen molar-refractivity contribution >= 4 is 23.4 Å². The third-order valence-corrected chi connectivity index (χ3v) is 2.80. The van der Waals surface area contributed by atoms with Gasteiger partial charge in [0.1, 0.15) is 11.4 Å². The Bertz CT molecular complexity index is 491. The van der Waals surface area contributed by atoms with E-state index in [0.717, 1.165) is 6.42 Å². The lowest BCUT2D eigenvalue weighted by molar-refractivity contribution is -0.121. The largest absolute Gasteiger partial charge is 0.478 e. The van der Waals surface area contributed by atoms with E-state index in [1.807, 2.05) is 13.8 Å². The zero-order valence-corrected chi connectivity index (χ0v) is 11.6. The van der Waals surface area contributed by atoms with Crippen molar-refractivity contribution in [1.29, 1.82) is 0 Å². The van der Waals surface area contributed by atoms with E-state index in [-0.39, 0.29) is 35.4 Å². The molecule has 0 saturated heterocycles. The number of rotatable bonds is 7. The molecule has 20 heavy (non-hydrogen) atoms. The predicted octanol–water partition coefficient (Wildman–Crippen LogP) is 1.08. The Morgan fingerprint density at radius 3 is 2.80 bits per heavy atom. The van der Waals surface area contributed by atoms with Crippen LogP contribution in [0.5, 0.6) is 0 Å². The number of aromatic carboxylic acids is 1. The summed E-state index contributed by atoms with van der Waals surface area (Å²) in [6, 6.07) is 1.46. The summed E-state index contributed by atoms with van der Waals surface area (Å²) in [6.07, 6.45) is 2.48. The van der Waals surface area contributed by atoms with Gasteiger partial charge in [-0.25, -0.2) is 9.78 Å².